The summed E-state index contributed by atoms with van der Waals surface area (Å²) in [6.45, 7) is -0.365. The maximum absolute atomic E-state index is 11.9. The molecule has 0 unspecified atom stereocenters. The zero-order chi connectivity index (χ0) is 15.0. The first-order valence-corrected chi connectivity index (χ1v) is 7.58. The monoisotopic (exact) mass is 308 g/mol. The fraction of sp³-hybridized carbons (Fsp3) is 0.500. The van der Waals surface area contributed by atoms with Gasteiger partial charge in [-0.25, -0.2) is 21.9 Å². The summed E-state index contributed by atoms with van der Waals surface area (Å²) in [6, 6.07) is 6.34. The van der Waals surface area contributed by atoms with Gasteiger partial charge in [-0.15, -0.1) is 0 Å². The average Bonchev–Trinajstić information content (AvgIpc) is 2.39. The summed E-state index contributed by atoms with van der Waals surface area (Å²) in [5.74, 6) is 0. The van der Waals surface area contributed by atoms with E-state index >= 15 is 0 Å². The van der Waals surface area contributed by atoms with Crippen LogP contribution in [0.15, 0.2) is 29.2 Å². The van der Waals surface area contributed by atoms with Gasteiger partial charge in [0.1, 0.15) is 6.61 Å². The minimum absolute atomic E-state index is 0.0559. The van der Waals surface area contributed by atoms with Crippen LogP contribution in [0.4, 0.5) is 8.78 Å². The zero-order valence-electron chi connectivity index (χ0n) is 10.9. The normalized spacial score (nSPS) is 12.0. The molecule has 0 heterocycles. The van der Waals surface area contributed by atoms with E-state index in [9.17, 15) is 17.2 Å². The molecule has 114 valence electrons. The van der Waals surface area contributed by atoms with Gasteiger partial charge in [0, 0.05) is 6.54 Å². The number of ether oxygens (including phenoxy) is 1. The van der Waals surface area contributed by atoms with Gasteiger partial charge < -0.3 is 10.5 Å². The van der Waals surface area contributed by atoms with Crippen molar-refractivity contribution < 1.29 is 21.9 Å². The summed E-state index contributed by atoms with van der Waals surface area (Å²) < 4.78 is 54.2. The largest absolute Gasteiger partial charge is 0.374 e. The lowest BCUT2D eigenvalue weighted by molar-refractivity contribution is 0.0199. The van der Waals surface area contributed by atoms with Crippen LogP contribution in [-0.2, 0) is 21.2 Å². The standard InChI is InChI=1S/C12H18F2N2O3S/c13-12(14)9-19-8-7-16-20(17,18)11-3-1-10(2-4-11)5-6-15/h1-4,12,16H,5-9,15H2. The fourth-order valence-electron chi connectivity index (χ4n) is 1.51. The second-order valence-electron chi connectivity index (χ2n) is 4.05. The predicted octanol–water partition coefficient (Wildman–Crippen LogP) is 0.748. The molecule has 20 heavy (non-hydrogen) atoms. The average molecular weight is 308 g/mol. The van der Waals surface area contributed by atoms with Crippen LogP contribution in [0.3, 0.4) is 0 Å². The van der Waals surface area contributed by atoms with E-state index in [0.717, 1.165) is 5.56 Å². The Morgan fingerprint density at radius 3 is 2.45 bits per heavy atom. The minimum Gasteiger partial charge on any atom is -0.374 e. The molecule has 1 aromatic carbocycles. The van der Waals surface area contributed by atoms with E-state index in [1.54, 1.807) is 12.1 Å². The van der Waals surface area contributed by atoms with Crippen LogP contribution in [0.5, 0.6) is 0 Å². The molecule has 0 aliphatic carbocycles. The van der Waals surface area contributed by atoms with Crippen molar-refractivity contribution in [1.29, 1.82) is 0 Å². The van der Waals surface area contributed by atoms with E-state index in [4.69, 9.17) is 5.73 Å². The topological polar surface area (TPSA) is 81.4 Å². The first-order valence-electron chi connectivity index (χ1n) is 6.10. The number of nitrogens with one attached hydrogen (secondary N) is 1. The van der Waals surface area contributed by atoms with E-state index in [-0.39, 0.29) is 18.0 Å². The molecule has 0 aliphatic rings. The number of alkyl halides is 2. The fourth-order valence-corrected chi connectivity index (χ4v) is 2.52. The van der Waals surface area contributed by atoms with Gasteiger partial charge in [-0.2, -0.15) is 0 Å². The van der Waals surface area contributed by atoms with Crippen molar-refractivity contribution in [2.24, 2.45) is 5.73 Å². The van der Waals surface area contributed by atoms with Crippen LogP contribution < -0.4 is 10.5 Å². The molecule has 3 N–H and O–H groups in total. The van der Waals surface area contributed by atoms with Crippen molar-refractivity contribution in [3.05, 3.63) is 29.8 Å². The van der Waals surface area contributed by atoms with Crippen LogP contribution in [-0.4, -0.2) is 41.1 Å². The quantitative estimate of drug-likeness (QED) is 0.660. The maximum atomic E-state index is 11.9. The molecule has 0 spiro atoms. The summed E-state index contributed by atoms with van der Waals surface area (Å²) in [4.78, 5) is 0.118. The van der Waals surface area contributed by atoms with Gasteiger partial charge in [0.2, 0.25) is 10.0 Å². The lowest BCUT2D eigenvalue weighted by Gasteiger charge is -2.08. The SMILES string of the molecule is NCCc1ccc(S(=O)(=O)NCCOCC(F)F)cc1. The van der Waals surface area contributed by atoms with Gasteiger partial charge in [0.25, 0.3) is 6.43 Å². The number of sulfonamides is 1. The lowest BCUT2D eigenvalue weighted by Crippen LogP contribution is -2.28. The summed E-state index contributed by atoms with van der Waals surface area (Å²) in [5, 5.41) is 0. The van der Waals surface area contributed by atoms with Crippen molar-refractivity contribution in [3.63, 3.8) is 0 Å². The molecule has 0 bridgehead atoms. The van der Waals surface area contributed by atoms with Gasteiger partial charge >= 0.3 is 0 Å². The van der Waals surface area contributed by atoms with Crippen LogP contribution >= 0.6 is 0 Å². The predicted molar refractivity (Wildman–Crippen MR) is 71.2 cm³/mol. The Labute approximate surface area is 117 Å². The molecule has 0 atom stereocenters. The van der Waals surface area contributed by atoms with Crippen LogP contribution in [0, 0.1) is 0 Å². The van der Waals surface area contributed by atoms with Crippen molar-refractivity contribution in [2.75, 3.05) is 26.3 Å². The van der Waals surface area contributed by atoms with Gasteiger partial charge in [0.05, 0.1) is 11.5 Å². The Hall–Kier alpha value is -1.09. The summed E-state index contributed by atoms with van der Waals surface area (Å²) in [7, 11) is -3.64. The summed E-state index contributed by atoms with van der Waals surface area (Å²) in [6.07, 6.45) is -1.88. The van der Waals surface area contributed by atoms with Crippen LogP contribution in [0.25, 0.3) is 0 Å². The second-order valence-corrected chi connectivity index (χ2v) is 5.81. The zero-order valence-corrected chi connectivity index (χ0v) is 11.7. The molecule has 5 nitrogen and oxygen atoms in total. The molecule has 0 fully saturated rings. The van der Waals surface area contributed by atoms with E-state index in [0.29, 0.717) is 13.0 Å². The molecular weight excluding hydrogens is 290 g/mol. The van der Waals surface area contributed by atoms with Gasteiger partial charge in [-0.1, -0.05) is 12.1 Å². The van der Waals surface area contributed by atoms with Crippen molar-refractivity contribution in [3.8, 4) is 0 Å². The summed E-state index contributed by atoms with van der Waals surface area (Å²) in [5.41, 5.74) is 6.35. The number of benzene rings is 1. The highest BCUT2D eigenvalue weighted by Crippen LogP contribution is 2.10. The van der Waals surface area contributed by atoms with E-state index in [2.05, 4.69) is 9.46 Å². The molecule has 0 saturated carbocycles. The van der Waals surface area contributed by atoms with Crippen molar-refractivity contribution >= 4 is 10.0 Å². The minimum atomic E-state index is -3.64. The Morgan fingerprint density at radius 2 is 1.90 bits per heavy atom. The molecule has 1 aromatic rings. The molecule has 0 aromatic heterocycles. The maximum Gasteiger partial charge on any atom is 0.261 e. The Bertz CT molecular complexity index is 492. The molecular formula is C12H18F2N2O3S. The third-order valence-electron chi connectivity index (χ3n) is 2.45. The number of hydrogen-bond acceptors (Lipinski definition) is 4. The third-order valence-corrected chi connectivity index (χ3v) is 3.93. The highest BCUT2D eigenvalue weighted by Gasteiger charge is 2.13. The smallest absolute Gasteiger partial charge is 0.261 e. The molecule has 1 rings (SSSR count). The van der Waals surface area contributed by atoms with Crippen molar-refractivity contribution in [1.82, 2.24) is 4.72 Å². The number of hydrogen-bond donors (Lipinski definition) is 2. The Balaban J connectivity index is 2.47. The van der Waals surface area contributed by atoms with Gasteiger partial charge in [-0.3, -0.25) is 0 Å². The van der Waals surface area contributed by atoms with Gasteiger partial charge in [-0.05, 0) is 30.7 Å². The van der Waals surface area contributed by atoms with E-state index < -0.39 is 23.1 Å². The lowest BCUT2D eigenvalue weighted by atomic mass is 10.2. The van der Waals surface area contributed by atoms with E-state index in [1.165, 1.54) is 12.1 Å². The first kappa shape index (κ1) is 17.0. The molecule has 0 aliphatic heterocycles. The molecule has 0 radical (unpaired) electrons. The van der Waals surface area contributed by atoms with Gasteiger partial charge in [0.15, 0.2) is 0 Å². The molecule has 0 amide bonds. The second kappa shape index (κ2) is 8.25. The first-order chi connectivity index (χ1) is 9.45. The highest BCUT2D eigenvalue weighted by molar-refractivity contribution is 7.89. The molecule has 0 saturated heterocycles. The van der Waals surface area contributed by atoms with Crippen molar-refractivity contribution in [2.45, 2.75) is 17.7 Å². The molecule has 8 heteroatoms. The number of rotatable bonds is 9. The number of halogens is 2. The third kappa shape index (κ3) is 5.91. The Kier molecular flexibility index (Phi) is 7.00. The van der Waals surface area contributed by atoms with Crippen LogP contribution in [0.2, 0.25) is 0 Å². The van der Waals surface area contributed by atoms with E-state index in [1.807, 2.05) is 0 Å². The summed E-state index contributed by atoms with van der Waals surface area (Å²) >= 11 is 0. The van der Waals surface area contributed by atoms with Crippen LogP contribution in [0.1, 0.15) is 5.56 Å². The number of nitrogens with two attached hydrogens (primary N) is 1. The Morgan fingerprint density at radius 1 is 1.25 bits per heavy atom. The highest BCUT2D eigenvalue weighted by atomic mass is 32.2.